The first-order chi connectivity index (χ1) is 17.5. The van der Waals surface area contributed by atoms with Crippen molar-refractivity contribution in [3.8, 4) is 0 Å². The number of thiophene rings is 1. The van der Waals surface area contributed by atoms with E-state index in [-0.39, 0.29) is 24.9 Å². The fourth-order valence-corrected chi connectivity index (χ4v) is 5.08. The molecule has 1 unspecified atom stereocenters. The van der Waals surface area contributed by atoms with E-state index >= 15 is 0 Å². The molecule has 0 saturated carbocycles. The summed E-state index contributed by atoms with van der Waals surface area (Å²) in [5.41, 5.74) is 4.09. The molecule has 0 saturated heterocycles. The number of furan rings is 1. The highest BCUT2D eigenvalue weighted by molar-refractivity contribution is 7.10. The van der Waals surface area contributed by atoms with E-state index in [4.69, 9.17) is 4.42 Å². The average Bonchev–Trinajstić information content (AvgIpc) is 3.63. The molecule has 2 aromatic carbocycles. The fraction of sp³-hybridized carbons (Fsp3) is 0.185. The largest absolute Gasteiger partial charge is 0.467 e. The maximum Gasteiger partial charge on any atom is 0.249 e. The number of benzene rings is 2. The summed E-state index contributed by atoms with van der Waals surface area (Å²) in [6, 6.07) is 19.8. The van der Waals surface area contributed by atoms with Crippen LogP contribution in [0.5, 0.6) is 0 Å². The predicted octanol–water partition coefficient (Wildman–Crippen LogP) is 4.79. The third-order valence-electron chi connectivity index (χ3n) is 5.79. The molecule has 2 amide bonds. The van der Waals surface area contributed by atoms with E-state index in [0.29, 0.717) is 17.0 Å². The standard InChI is InChI=1S/C27H25N5O3S/c1-18-13-19(2)15-20(14-18)32(25(33)17-31-23-9-4-3-8-22(23)29-30-31)26(24-10-6-12-36-24)27(34)28-16-21-7-5-11-35-21/h3-15,26H,16-17H2,1-2H3,(H,28,34). The number of nitrogens with zero attached hydrogens (tertiary/aromatic N) is 4. The highest BCUT2D eigenvalue weighted by Crippen LogP contribution is 2.32. The van der Waals surface area contributed by atoms with Crippen LogP contribution in [0.2, 0.25) is 0 Å². The highest BCUT2D eigenvalue weighted by Gasteiger charge is 2.34. The van der Waals surface area contributed by atoms with Crippen molar-refractivity contribution in [2.24, 2.45) is 0 Å². The first kappa shape index (κ1) is 23.5. The van der Waals surface area contributed by atoms with Gasteiger partial charge in [0.2, 0.25) is 11.8 Å². The lowest BCUT2D eigenvalue weighted by Crippen LogP contribution is -2.45. The van der Waals surface area contributed by atoms with E-state index in [0.717, 1.165) is 21.5 Å². The van der Waals surface area contributed by atoms with Crippen LogP contribution in [-0.4, -0.2) is 26.8 Å². The molecule has 36 heavy (non-hydrogen) atoms. The van der Waals surface area contributed by atoms with Crippen molar-refractivity contribution in [1.29, 1.82) is 0 Å². The molecular formula is C27H25N5O3S. The first-order valence-electron chi connectivity index (χ1n) is 11.5. The van der Waals surface area contributed by atoms with E-state index in [1.807, 2.05) is 73.8 Å². The summed E-state index contributed by atoms with van der Waals surface area (Å²) in [6.07, 6.45) is 1.56. The Balaban J connectivity index is 1.55. The summed E-state index contributed by atoms with van der Waals surface area (Å²) in [6.45, 7) is 4.10. The van der Waals surface area contributed by atoms with E-state index < -0.39 is 6.04 Å². The molecule has 0 bridgehead atoms. The molecule has 1 N–H and O–H groups in total. The number of rotatable bonds is 8. The van der Waals surface area contributed by atoms with Gasteiger partial charge < -0.3 is 9.73 Å². The van der Waals surface area contributed by atoms with E-state index in [9.17, 15) is 9.59 Å². The minimum Gasteiger partial charge on any atom is -0.467 e. The Bertz CT molecular complexity index is 1470. The van der Waals surface area contributed by atoms with Crippen LogP contribution >= 0.6 is 11.3 Å². The van der Waals surface area contributed by atoms with Gasteiger partial charge in [0.25, 0.3) is 0 Å². The van der Waals surface area contributed by atoms with Crippen LogP contribution in [-0.2, 0) is 22.7 Å². The number of carbonyl (C=O) groups is 2. The summed E-state index contributed by atoms with van der Waals surface area (Å²) >= 11 is 1.43. The van der Waals surface area contributed by atoms with Gasteiger partial charge in [0.15, 0.2) is 0 Å². The van der Waals surface area contributed by atoms with Crippen LogP contribution < -0.4 is 10.2 Å². The van der Waals surface area contributed by atoms with Crippen molar-refractivity contribution < 1.29 is 14.0 Å². The summed E-state index contributed by atoms with van der Waals surface area (Å²) in [5.74, 6) is 0.0543. The van der Waals surface area contributed by atoms with E-state index in [2.05, 4.69) is 15.6 Å². The smallest absolute Gasteiger partial charge is 0.249 e. The number of aryl methyl sites for hydroxylation is 2. The second-order valence-corrected chi connectivity index (χ2v) is 9.54. The quantitative estimate of drug-likeness (QED) is 0.331. The van der Waals surface area contributed by atoms with Gasteiger partial charge in [-0.05, 0) is 72.8 Å². The van der Waals surface area contributed by atoms with E-state index in [1.165, 1.54) is 11.3 Å². The zero-order valence-electron chi connectivity index (χ0n) is 19.9. The molecule has 3 aromatic heterocycles. The van der Waals surface area contributed by atoms with Crippen molar-refractivity contribution in [2.75, 3.05) is 4.90 Å². The summed E-state index contributed by atoms with van der Waals surface area (Å²) < 4.78 is 6.95. The maximum atomic E-state index is 14.0. The van der Waals surface area contributed by atoms with Crippen molar-refractivity contribution in [2.45, 2.75) is 33.0 Å². The number of nitrogens with one attached hydrogen (secondary N) is 1. The molecule has 5 rings (SSSR count). The molecule has 8 nitrogen and oxygen atoms in total. The van der Waals surface area contributed by atoms with Gasteiger partial charge in [-0.1, -0.05) is 29.5 Å². The molecule has 5 aromatic rings. The molecule has 0 aliphatic carbocycles. The number of carbonyl (C=O) groups excluding carboxylic acids is 2. The summed E-state index contributed by atoms with van der Waals surface area (Å²) in [7, 11) is 0. The van der Waals surface area contributed by atoms with Crippen LogP contribution in [0.1, 0.15) is 27.8 Å². The average molecular weight is 500 g/mol. The third-order valence-corrected chi connectivity index (χ3v) is 6.72. The molecular weight excluding hydrogens is 474 g/mol. The second kappa shape index (κ2) is 10.2. The van der Waals surface area contributed by atoms with Gasteiger partial charge in [-0.25, -0.2) is 4.68 Å². The Labute approximate surface area is 212 Å². The fourth-order valence-electron chi connectivity index (χ4n) is 4.27. The molecule has 0 spiro atoms. The van der Waals surface area contributed by atoms with Gasteiger partial charge in [0.05, 0.1) is 18.3 Å². The molecule has 3 heterocycles. The number of aromatic nitrogens is 3. The van der Waals surface area contributed by atoms with Crippen LogP contribution in [0.4, 0.5) is 5.69 Å². The normalized spacial score (nSPS) is 11.9. The SMILES string of the molecule is Cc1cc(C)cc(N(C(=O)Cn2nnc3ccccc32)C(C(=O)NCc2ccco2)c2cccs2)c1. The zero-order chi connectivity index (χ0) is 25.1. The lowest BCUT2D eigenvalue weighted by atomic mass is 10.1. The number of fused-ring (bicyclic) bond motifs is 1. The Hall–Kier alpha value is -4.24. The Morgan fingerprint density at radius 3 is 2.58 bits per heavy atom. The van der Waals surface area contributed by atoms with Gasteiger partial charge in [0.1, 0.15) is 23.9 Å². The summed E-state index contributed by atoms with van der Waals surface area (Å²) in [4.78, 5) is 30.0. The first-order valence-corrected chi connectivity index (χ1v) is 12.4. The predicted molar refractivity (Wildman–Crippen MR) is 139 cm³/mol. The molecule has 0 fully saturated rings. The number of hydrogen-bond donors (Lipinski definition) is 1. The molecule has 9 heteroatoms. The van der Waals surface area contributed by atoms with Crippen LogP contribution in [0.3, 0.4) is 0 Å². The third kappa shape index (κ3) is 4.92. The molecule has 0 aliphatic heterocycles. The van der Waals surface area contributed by atoms with Crippen molar-refractivity contribution >= 4 is 39.9 Å². The lowest BCUT2D eigenvalue weighted by molar-refractivity contribution is -0.127. The summed E-state index contributed by atoms with van der Waals surface area (Å²) in [5, 5.41) is 13.2. The van der Waals surface area contributed by atoms with Gasteiger partial charge >= 0.3 is 0 Å². The Kier molecular flexibility index (Phi) is 6.64. The monoisotopic (exact) mass is 499 g/mol. The second-order valence-electron chi connectivity index (χ2n) is 8.56. The van der Waals surface area contributed by atoms with Gasteiger partial charge in [0, 0.05) is 10.6 Å². The number of amides is 2. The molecule has 182 valence electrons. The van der Waals surface area contributed by atoms with Gasteiger partial charge in [-0.15, -0.1) is 16.4 Å². The Morgan fingerprint density at radius 2 is 1.86 bits per heavy atom. The molecule has 1 atom stereocenters. The minimum absolute atomic E-state index is 0.0686. The number of hydrogen-bond acceptors (Lipinski definition) is 6. The number of anilines is 1. The molecule has 0 radical (unpaired) electrons. The van der Waals surface area contributed by atoms with Crippen molar-refractivity contribution in [1.82, 2.24) is 20.3 Å². The van der Waals surface area contributed by atoms with Crippen molar-refractivity contribution in [3.63, 3.8) is 0 Å². The number of para-hydroxylation sites is 1. The lowest BCUT2D eigenvalue weighted by Gasteiger charge is -2.31. The van der Waals surface area contributed by atoms with Gasteiger partial charge in [-0.2, -0.15) is 0 Å². The van der Waals surface area contributed by atoms with Crippen LogP contribution in [0, 0.1) is 13.8 Å². The van der Waals surface area contributed by atoms with Gasteiger partial charge in [-0.3, -0.25) is 14.5 Å². The Morgan fingerprint density at radius 1 is 1.06 bits per heavy atom. The van der Waals surface area contributed by atoms with Crippen LogP contribution in [0.25, 0.3) is 11.0 Å². The highest BCUT2D eigenvalue weighted by atomic mass is 32.1. The minimum atomic E-state index is -0.872. The maximum absolute atomic E-state index is 14.0. The topological polar surface area (TPSA) is 93.3 Å². The van der Waals surface area contributed by atoms with Crippen LogP contribution in [0.15, 0.2) is 82.8 Å². The van der Waals surface area contributed by atoms with E-state index in [1.54, 1.807) is 28.0 Å². The van der Waals surface area contributed by atoms with Crippen molar-refractivity contribution in [3.05, 3.63) is 100 Å². The molecule has 0 aliphatic rings. The zero-order valence-corrected chi connectivity index (χ0v) is 20.7.